The van der Waals surface area contributed by atoms with Gasteiger partial charge in [-0.25, -0.2) is 4.98 Å². The van der Waals surface area contributed by atoms with Gasteiger partial charge in [-0.3, -0.25) is 14.5 Å². The molecule has 144 valence electrons. The van der Waals surface area contributed by atoms with Crippen LogP contribution in [-0.2, 0) is 9.59 Å². The maximum Gasteiger partial charge on any atom is 0.241 e. The molecule has 7 nitrogen and oxygen atoms in total. The average molecular weight is 391 g/mol. The smallest absolute Gasteiger partial charge is 0.241 e. The molecule has 0 saturated carbocycles. The van der Waals surface area contributed by atoms with Crippen LogP contribution in [0.15, 0.2) is 36.5 Å². The first-order valence-corrected chi connectivity index (χ1v) is 8.75. The summed E-state index contributed by atoms with van der Waals surface area (Å²) in [6, 6.07) is 8.09. The van der Waals surface area contributed by atoms with Gasteiger partial charge in [-0.2, -0.15) is 0 Å². The van der Waals surface area contributed by atoms with Gasteiger partial charge in [0.1, 0.15) is 11.6 Å². The van der Waals surface area contributed by atoms with Crippen molar-refractivity contribution in [3.05, 3.63) is 47.1 Å². The number of halogens is 1. The van der Waals surface area contributed by atoms with Gasteiger partial charge in [0.25, 0.3) is 0 Å². The van der Waals surface area contributed by atoms with Gasteiger partial charge < -0.3 is 15.4 Å². The highest BCUT2D eigenvalue weighted by Crippen LogP contribution is 2.27. The highest BCUT2D eigenvalue weighted by molar-refractivity contribution is 6.32. The molecule has 0 aliphatic rings. The van der Waals surface area contributed by atoms with Crippen LogP contribution in [0.4, 0.5) is 11.5 Å². The molecule has 1 unspecified atom stereocenters. The molecule has 2 amide bonds. The third-order valence-electron chi connectivity index (χ3n) is 4.04. The maximum atomic E-state index is 12.4. The molecule has 1 heterocycles. The van der Waals surface area contributed by atoms with Gasteiger partial charge in [-0.05, 0) is 56.8 Å². The number of ether oxygens (including phenoxy) is 1. The minimum Gasteiger partial charge on any atom is -0.495 e. The zero-order valence-electron chi connectivity index (χ0n) is 15.7. The SMILES string of the molecule is COc1ccc(NC(=O)C(C)N(C)CC(=O)Nc2cc(C)ccn2)cc1Cl. The van der Waals surface area contributed by atoms with Crippen LogP contribution in [0.2, 0.25) is 5.02 Å². The molecule has 2 aromatic rings. The number of hydrogen-bond acceptors (Lipinski definition) is 5. The average Bonchev–Trinajstić information content (AvgIpc) is 2.61. The Morgan fingerprint density at radius 1 is 1.26 bits per heavy atom. The van der Waals surface area contributed by atoms with E-state index in [1.54, 1.807) is 49.3 Å². The number of methoxy groups -OCH3 is 1. The van der Waals surface area contributed by atoms with Crippen LogP contribution < -0.4 is 15.4 Å². The van der Waals surface area contributed by atoms with Crippen LogP contribution in [0, 0.1) is 6.92 Å². The molecule has 0 fully saturated rings. The zero-order chi connectivity index (χ0) is 20.0. The van der Waals surface area contributed by atoms with Crippen molar-refractivity contribution in [2.24, 2.45) is 0 Å². The largest absolute Gasteiger partial charge is 0.495 e. The van der Waals surface area contributed by atoms with E-state index in [4.69, 9.17) is 16.3 Å². The molecule has 0 bridgehead atoms. The van der Waals surface area contributed by atoms with Crippen LogP contribution in [-0.4, -0.2) is 48.4 Å². The standard InChI is InChI=1S/C19H23ClN4O3/c1-12-7-8-21-17(9-12)23-18(25)11-24(3)13(2)19(26)22-14-5-6-16(27-4)15(20)10-14/h5-10,13H,11H2,1-4H3,(H,22,26)(H,21,23,25). The Hall–Kier alpha value is -2.64. The van der Waals surface area contributed by atoms with Gasteiger partial charge in [0.05, 0.1) is 24.7 Å². The van der Waals surface area contributed by atoms with E-state index >= 15 is 0 Å². The second kappa shape index (κ2) is 9.34. The van der Waals surface area contributed by atoms with Crippen LogP contribution in [0.1, 0.15) is 12.5 Å². The van der Waals surface area contributed by atoms with E-state index < -0.39 is 6.04 Å². The summed E-state index contributed by atoms with van der Waals surface area (Å²) >= 11 is 6.07. The van der Waals surface area contributed by atoms with Gasteiger partial charge in [0.15, 0.2) is 0 Å². The fraction of sp³-hybridized carbons (Fsp3) is 0.316. The van der Waals surface area contributed by atoms with Crippen molar-refractivity contribution >= 4 is 34.9 Å². The number of aryl methyl sites for hydroxylation is 1. The Balaban J connectivity index is 1.91. The van der Waals surface area contributed by atoms with Crippen LogP contribution in [0.5, 0.6) is 5.75 Å². The molecule has 1 atom stereocenters. The number of nitrogens with zero attached hydrogens (tertiary/aromatic N) is 2. The number of anilines is 2. The van der Waals surface area contributed by atoms with Crippen molar-refractivity contribution in [1.29, 1.82) is 0 Å². The van der Waals surface area contributed by atoms with E-state index in [0.29, 0.717) is 22.3 Å². The number of hydrogen-bond donors (Lipinski definition) is 2. The van der Waals surface area contributed by atoms with Crippen LogP contribution in [0.25, 0.3) is 0 Å². The van der Waals surface area contributed by atoms with Crippen molar-refractivity contribution in [3.8, 4) is 5.75 Å². The molecule has 1 aromatic carbocycles. The number of likely N-dealkylation sites (N-methyl/N-ethyl adjacent to an activating group) is 1. The second-order valence-electron chi connectivity index (χ2n) is 6.20. The molecular weight excluding hydrogens is 368 g/mol. The first-order valence-electron chi connectivity index (χ1n) is 8.37. The first kappa shape index (κ1) is 20.7. The number of pyridine rings is 1. The highest BCUT2D eigenvalue weighted by atomic mass is 35.5. The normalized spacial score (nSPS) is 11.8. The van der Waals surface area contributed by atoms with Gasteiger partial charge in [-0.1, -0.05) is 11.6 Å². The van der Waals surface area contributed by atoms with Gasteiger partial charge in [0.2, 0.25) is 11.8 Å². The Bertz CT molecular complexity index is 828. The van der Waals surface area contributed by atoms with Gasteiger partial charge in [-0.15, -0.1) is 0 Å². The molecule has 2 rings (SSSR count). The summed E-state index contributed by atoms with van der Waals surface area (Å²) in [5.41, 5.74) is 1.55. The summed E-state index contributed by atoms with van der Waals surface area (Å²) in [5.74, 6) is 0.516. The lowest BCUT2D eigenvalue weighted by Crippen LogP contribution is -2.43. The van der Waals surface area contributed by atoms with E-state index in [1.807, 2.05) is 13.0 Å². The summed E-state index contributed by atoms with van der Waals surface area (Å²) in [4.78, 5) is 30.3. The van der Waals surface area contributed by atoms with Crippen LogP contribution in [0.3, 0.4) is 0 Å². The van der Waals surface area contributed by atoms with E-state index in [-0.39, 0.29) is 18.4 Å². The second-order valence-corrected chi connectivity index (χ2v) is 6.60. The molecule has 0 spiro atoms. The molecule has 8 heteroatoms. The number of carbonyl (C=O) groups excluding carboxylic acids is 2. The minimum atomic E-state index is -0.526. The molecule has 0 aliphatic carbocycles. The third-order valence-corrected chi connectivity index (χ3v) is 4.33. The molecule has 0 radical (unpaired) electrons. The quantitative estimate of drug-likeness (QED) is 0.759. The molecule has 1 aromatic heterocycles. The Morgan fingerprint density at radius 2 is 2.00 bits per heavy atom. The van der Waals surface area contributed by atoms with Crippen molar-refractivity contribution in [2.75, 3.05) is 31.3 Å². The number of amides is 2. The summed E-state index contributed by atoms with van der Waals surface area (Å²) in [7, 11) is 3.22. The van der Waals surface area contributed by atoms with Crippen molar-refractivity contribution < 1.29 is 14.3 Å². The van der Waals surface area contributed by atoms with E-state index in [0.717, 1.165) is 5.56 Å². The number of rotatable bonds is 7. The van der Waals surface area contributed by atoms with Crippen molar-refractivity contribution in [3.63, 3.8) is 0 Å². The maximum absolute atomic E-state index is 12.4. The highest BCUT2D eigenvalue weighted by Gasteiger charge is 2.20. The van der Waals surface area contributed by atoms with Gasteiger partial charge >= 0.3 is 0 Å². The first-order chi connectivity index (χ1) is 12.8. The fourth-order valence-corrected chi connectivity index (χ4v) is 2.60. The molecule has 0 saturated heterocycles. The fourth-order valence-electron chi connectivity index (χ4n) is 2.34. The van der Waals surface area contributed by atoms with Crippen LogP contribution >= 0.6 is 11.6 Å². The lowest BCUT2D eigenvalue weighted by molar-refractivity contribution is -0.122. The Kier molecular flexibility index (Phi) is 7.15. The predicted octanol–water partition coefficient (Wildman–Crippen LogP) is 2.95. The monoisotopic (exact) mass is 390 g/mol. The Labute approximate surface area is 163 Å². The minimum absolute atomic E-state index is 0.0492. The number of carbonyl (C=O) groups is 2. The molecule has 2 N–H and O–H groups in total. The lowest BCUT2D eigenvalue weighted by atomic mass is 10.2. The number of aromatic nitrogens is 1. The van der Waals surface area contributed by atoms with Crippen molar-refractivity contribution in [1.82, 2.24) is 9.88 Å². The summed E-state index contributed by atoms with van der Waals surface area (Å²) in [6.45, 7) is 3.69. The van der Waals surface area contributed by atoms with Gasteiger partial charge in [0, 0.05) is 11.9 Å². The molecule has 27 heavy (non-hydrogen) atoms. The summed E-state index contributed by atoms with van der Waals surface area (Å²) in [6.07, 6.45) is 1.63. The van der Waals surface area contributed by atoms with E-state index in [9.17, 15) is 9.59 Å². The summed E-state index contributed by atoms with van der Waals surface area (Å²) in [5, 5.41) is 5.91. The zero-order valence-corrected chi connectivity index (χ0v) is 16.5. The number of benzene rings is 1. The Morgan fingerprint density at radius 3 is 2.63 bits per heavy atom. The lowest BCUT2D eigenvalue weighted by Gasteiger charge is -2.23. The van der Waals surface area contributed by atoms with E-state index in [1.165, 1.54) is 7.11 Å². The van der Waals surface area contributed by atoms with E-state index in [2.05, 4.69) is 15.6 Å². The number of nitrogens with one attached hydrogen (secondary N) is 2. The topological polar surface area (TPSA) is 83.6 Å². The molecule has 0 aliphatic heterocycles. The van der Waals surface area contributed by atoms with Crippen molar-refractivity contribution in [2.45, 2.75) is 19.9 Å². The predicted molar refractivity (Wildman–Crippen MR) is 106 cm³/mol. The third kappa shape index (κ3) is 5.94. The molecular formula is C19H23ClN4O3. The summed E-state index contributed by atoms with van der Waals surface area (Å²) < 4.78 is 5.09.